The zero-order chi connectivity index (χ0) is 13.8. The molecule has 0 radical (unpaired) electrons. The predicted molar refractivity (Wildman–Crippen MR) is 63.2 cm³/mol. The number of H-pyrrole nitrogens is 1. The van der Waals surface area contributed by atoms with Crippen molar-refractivity contribution in [3.8, 4) is 0 Å². The standard InChI is InChI=1S/C9H13N2O6P/c1-7-5-11(9(13)10-8(7)12)6-17-3-2-4-18(14,15)16/h2,4-5H,3,6H2,1H3,(H,10,12,13)(H2,14,15,16)/b4-2+. The van der Waals surface area contributed by atoms with Crippen LogP contribution >= 0.6 is 7.60 Å². The molecule has 0 amide bonds. The van der Waals surface area contributed by atoms with Crippen LogP contribution in [0.1, 0.15) is 5.56 Å². The molecule has 0 fully saturated rings. The molecule has 1 rings (SSSR count). The van der Waals surface area contributed by atoms with Gasteiger partial charge in [-0.15, -0.1) is 0 Å². The summed E-state index contributed by atoms with van der Waals surface area (Å²) in [5.74, 6) is 0.716. The van der Waals surface area contributed by atoms with Crippen molar-refractivity contribution in [1.29, 1.82) is 0 Å². The minimum Gasteiger partial charge on any atom is -0.357 e. The van der Waals surface area contributed by atoms with Crippen molar-refractivity contribution in [3.63, 3.8) is 0 Å². The van der Waals surface area contributed by atoms with Gasteiger partial charge in [-0.3, -0.25) is 18.9 Å². The van der Waals surface area contributed by atoms with Crippen LogP contribution in [-0.2, 0) is 16.0 Å². The molecule has 0 atom stereocenters. The summed E-state index contributed by atoms with van der Waals surface area (Å²) in [5, 5.41) is 0. The zero-order valence-corrected chi connectivity index (χ0v) is 10.5. The van der Waals surface area contributed by atoms with Crippen LogP contribution in [0.3, 0.4) is 0 Å². The van der Waals surface area contributed by atoms with Crippen LogP contribution in [0, 0.1) is 6.92 Å². The van der Waals surface area contributed by atoms with Gasteiger partial charge < -0.3 is 14.5 Å². The average molecular weight is 276 g/mol. The fraction of sp³-hybridized carbons (Fsp3) is 0.333. The first-order chi connectivity index (χ1) is 8.29. The van der Waals surface area contributed by atoms with Crippen LogP contribution in [0.4, 0.5) is 0 Å². The van der Waals surface area contributed by atoms with Gasteiger partial charge in [0.25, 0.3) is 5.56 Å². The van der Waals surface area contributed by atoms with Crippen LogP contribution in [0.25, 0.3) is 0 Å². The van der Waals surface area contributed by atoms with E-state index in [1.807, 2.05) is 0 Å². The van der Waals surface area contributed by atoms with E-state index in [0.29, 0.717) is 11.4 Å². The van der Waals surface area contributed by atoms with Crippen LogP contribution in [-0.4, -0.2) is 25.9 Å². The topological polar surface area (TPSA) is 122 Å². The molecule has 1 heterocycles. The lowest BCUT2D eigenvalue weighted by atomic mass is 10.4. The Balaban J connectivity index is 2.58. The van der Waals surface area contributed by atoms with Crippen molar-refractivity contribution in [2.75, 3.05) is 6.61 Å². The molecule has 8 nitrogen and oxygen atoms in total. The highest BCUT2D eigenvalue weighted by molar-refractivity contribution is 7.55. The van der Waals surface area contributed by atoms with Crippen LogP contribution in [0.2, 0.25) is 0 Å². The highest BCUT2D eigenvalue weighted by Crippen LogP contribution is 2.35. The molecule has 0 aliphatic rings. The average Bonchev–Trinajstić information content (AvgIpc) is 2.23. The van der Waals surface area contributed by atoms with Crippen LogP contribution in [0.15, 0.2) is 27.7 Å². The van der Waals surface area contributed by atoms with Gasteiger partial charge in [-0.05, 0) is 6.92 Å². The Hall–Kier alpha value is -1.47. The fourth-order valence-corrected chi connectivity index (χ4v) is 1.47. The monoisotopic (exact) mass is 276 g/mol. The molecule has 0 aliphatic heterocycles. The lowest BCUT2D eigenvalue weighted by Gasteiger charge is -2.05. The normalized spacial score (nSPS) is 12.2. The molecular weight excluding hydrogens is 263 g/mol. The summed E-state index contributed by atoms with van der Waals surface area (Å²) < 4.78 is 16.6. The number of aryl methyl sites for hydroxylation is 1. The van der Waals surface area contributed by atoms with Gasteiger partial charge in [0.2, 0.25) is 0 Å². The van der Waals surface area contributed by atoms with E-state index >= 15 is 0 Å². The lowest BCUT2D eigenvalue weighted by Crippen LogP contribution is -2.31. The second kappa shape index (κ2) is 5.92. The van der Waals surface area contributed by atoms with Gasteiger partial charge in [-0.1, -0.05) is 6.08 Å². The summed E-state index contributed by atoms with van der Waals surface area (Å²) in [6.45, 7) is 1.36. The summed E-state index contributed by atoms with van der Waals surface area (Å²) in [6.07, 6.45) is 2.50. The third-order valence-corrected chi connectivity index (χ3v) is 2.53. The van der Waals surface area contributed by atoms with Gasteiger partial charge in [0, 0.05) is 17.6 Å². The van der Waals surface area contributed by atoms with E-state index < -0.39 is 18.8 Å². The second-order valence-corrected chi connectivity index (χ2v) is 4.99. The molecule has 100 valence electrons. The summed E-state index contributed by atoms with van der Waals surface area (Å²) in [7, 11) is -4.18. The highest BCUT2D eigenvalue weighted by Gasteiger charge is 2.04. The maximum Gasteiger partial charge on any atom is 0.348 e. The molecule has 0 bridgehead atoms. The molecule has 0 unspecified atom stereocenters. The van der Waals surface area contributed by atoms with E-state index in [9.17, 15) is 14.2 Å². The maximum absolute atomic E-state index is 11.3. The predicted octanol–water partition coefficient (Wildman–Crippen LogP) is -0.489. The van der Waals surface area contributed by atoms with Crippen molar-refractivity contribution in [1.82, 2.24) is 9.55 Å². The van der Waals surface area contributed by atoms with Crippen molar-refractivity contribution in [2.24, 2.45) is 0 Å². The minimum absolute atomic E-state index is 0.0598. The molecule has 9 heteroatoms. The van der Waals surface area contributed by atoms with Crippen molar-refractivity contribution in [2.45, 2.75) is 13.7 Å². The first kappa shape index (κ1) is 14.6. The molecule has 0 aliphatic carbocycles. The molecular formula is C9H13N2O6P. The maximum atomic E-state index is 11.3. The molecule has 0 saturated carbocycles. The van der Waals surface area contributed by atoms with E-state index in [0.717, 1.165) is 10.6 Å². The molecule has 3 N–H and O–H groups in total. The Bertz CT molecular complexity index is 596. The Morgan fingerprint density at radius 3 is 2.78 bits per heavy atom. The summed E-state index contributed by atoms with van der Waals surface area (Å²) in [5.41, 5.74) is -0.703. The number of aromatic nitrogens is 2. The van der Waals surface area contributed by atoms with Crippen LogP contribution < -0.4 is 11.2 Å². The molecule has 0 saturated heterocycles. The van der Waals surface area contributed by atoms with Crippen molar-refractivity contribution >= 4 is 7.60 Å². The number of hydrogen-bond acceptors (Lipinski definition) is 4. The summed E-state index contributed by atoms with van der Waals surface area (Å²) in [6, 6.07) is 0. The van der Waals surface area contributed by atoms with E-state index in [1.165, 1.54) is 6.20 Å². The Morgan fingerprint density at radius 1 is 1.50 bits per heavy atom. The highest BCUT2D eigenvalue weighted by atomic mass is 31.2. The SMILES string of the molecule is Cc1cn(COC/C=C/P(=O)(O)O)c(=O)[nH]c1=O. The molecule has 18 heavy (non-hydrogen) atoms. The van der Waals surface area contributed by atoms with Gasteiger partial charge >= 0.3 is 13.3 Å². The Morgan fingerprint density at radius 2 is 2.17 bits per heavy atom. The molecule has 0 spiro atoms. The largest absolute Gasteiger partial charge is 0.357 e. The summed E-state index contributed by atoms with van der Waals surface area (Å²) in [4.78, 5) is 41.5. The molecule has 0 aromatic carbocycles. The van der Waals surface area contributed by atoms with E-state index in [1.54, 1.807) is 6.92 Å². The van der Waals surface area contributed by atoms with Gasteiger partial charge in [0.1, 0.15) is 6.73 Å². The number of aromatic amines is 1. The van der Waals surface area contributed by atoms with E-state index in [-0.39, 0.29) is 13.3 Å². The number of ether oxygens (including phenoxy) is 1. The minimum atomic E-state index is -4.18. The fourth-order valence-electron chi connectivity index (χ4n) is 1.11. The number of nitrogens with zero attached hydrogens (tertiary/aromatic N) is 1. The third kappa shape index (κ3) is 4.80. The molecule has 1 aromatic heterocycles. The van der Waals surface area contributed by atoms with Crippen molar-refractivity contribution < 1.29 is 19.1 Å². The van der Waals surface area contributed by atoms with Gasteiger partial charge in [0.05, 0.1) is 6.61 Å². The Labute approximate surface area is 102 Å². The van der Waals surface area contributed by atoms with E-state index in [4.69, 9.17) is 14.5 Å². The lowest BCUT2D eigenvalue weighted by molar-refractivity contribution is 0.0962. The smallest absolute Gasteiger partial charge is 0.348 e. The van der Waals surface area contributed by atoms with Crippen LogP contribution in [0.5, 0.6) is 0 Å². The zero-order valence-electron chi connectivity index (χ0n) is 9.57. The third-order valence-electron chi connectivity index (χ3n) is 1.93. The first-order valence-electron chi connectivity index (χ1n) is 4.90. The number of hydrogen-bond donors (Lipinski definition) is 3. The summed E-state index contributed by atoms with van der Waals surface area (Å²) >= 11 is 0. The Kier molecular flexibility index (Phi) is 4.80. The van der Waals surface area contributed by atoms with Gasteiger partial charge in [0.15, 0.2) is 0 Å². The van der Waals surface area contributed by atoms with Gasteiger partial charge in [-0.2, -0.15) is 0 Å². The quantitative estimate of drug-likeness (QED) is 0.493. The van der Waals surface area contributed by atoms with Gasteiger partial charge in [-0.25, -0.2) is 4.79 Å². The second-order valence-electron chi connectivity index (χ2n) is 3.51. The first-order valence-corrected chi connectivity index (χ1v) is 6.59. The molecule has 1 aromatic rings. The number of rotatable bonds is 5. The number of nitrogens with one attached hydrogen (secondary N) is 1. The van der Waals surface area contributed by atoms with E-state index in [2.05, 4.69) is 4.98 Å². The van der Waals surface area contributed by atoms with Crippen molar-refractivity contribution in [3.05, 3.63) is 44.5 Å².